The first-order chi connectivity index (χ1) is 7.15. The van der Waals surface area contributed by atoms with Gasteiger partial charge in [-0.05, 0) is 31.4 Å². The van der Waals surface area contributed by atoms with E-state index in [1.807, 2.05) is 0 Å². The van der Waals surface area contributed by atoms with Crippen molar-refractivity contribution in [2.45, 2.75) is 24.9 Å². The zero-order chi connectivity index (χ0) is 10.9. The number of rotatable bonds is 2. The molecular weight excluding hydrogens is 194 g/mol. The molecular formula is C11H13NO3. The number of pyridine rings is 1. The predicted molar refractivity (Wildman–Crippen MR) is 53.3 cm³/mol. The zero-order valence-electron chi connectivity index (χ0n) is 8.56. The Labute approximate surface area is 87.9 Å². The van der Waals surface area contributed by atoms with Gasteiger partial charge < -0.3 is 9.84 Å². The number of carbonyl (C=O) groups is 1. The van der Waals surface area contributed by atoms with Gasteiger partial charge in [0, 0.05) is 0 Å². The molecule has 1 fully saturated rings. The van der Waals surface area contributed by atoms with E-state index in [9.17, 15) is 9.90 Å². The highest BCUT2D eigenvalue weighted by atomic mass is 16.5. The van der Waals surface area contributed by atoms with Crippen molar-refractivity contribution in [2.24, 2.45) is 0 Å². The standard InChI is InChI=1S/C11H13NO3/c1-15-10(13)8-4-2-5-9(12-8)11(14)6-3-7-11/h2,4-5,14H,3,6-7H2,1H3. The molecule has 80 valence electrons. The Morgan fingerprint density at radius 3 is 2.80 bits per heavy atom. The summed E-state index contributed by atoms with van der Waals surface area (Å²) in [5, 5.41) is 10.0. The molecule has 4 nitrogen and oxygen atoms in total. The van der Waals surface area contributed by atoms with Gasteiger partial charge in [-0.2, -0.15) is 0 Å². The topological polar surface area (TPSA) is 59.4 Å². The second-order valence-corrected chi connectivity index (χ2v) is 3.78. The summed E-state index contributed by atoms with van der Waals surface area (Å²) < 4.78 is 4.57. The van der Waals surface area contributed by atoms with Gasteiger partial charge in [0.05, 0.1) is 12.8 Å². The van der Waals surface area contributed by atoms with Crippen LogP contribution in [0.3, 0.4) is 0 Å². The number of aromatic nitrogens is 1. The maximum Gasteiger partial charge on any atom is 0.356 e. The van der Waals surface area contributed by atoms with Gasteiger partial charge in [-0.15, -0.1) is 0 Å². The van der Waals surface area contributed by atoms with Crippen LogP contribution in [0.15, 0.2) is 18.2 Å². The van der Waals surface area contributed by atoms with Gasteiger partial charge in [-0.25, -0.2) is 9.78 Å². The number of methoxy groups -OCH3 is 1. The van der Waals surface area contributed by atoms with E-state index in [0.29, 0.717) is 18.5 Å². The summed E-state index contributed by atoms with van der Waals surface area (Å²) in [6.07, 6.45) is 2.43. The SMILES string of the molecule is COC(=O)c1cccc(C2(O)CCC2)n1. The zero-order valence-corrected chi connectivity index (χ0v) is 8.56. The van der Waals surface area contributed by atoms with Crippen LogP contribution in [-0.2, 0) is 10.3 Å². The Kier molecular flexibility index (Phi) is 2.44. The minimum Gasteiger partial charge on any atom is -0.464 e. The Hall–Kier alpha value is -1.42. The molecule has 2 rings (SSSR count). The third-order valence-electron chi connectivity index (χ3n) is 2.80. The Balaban J connectivity index is 2.30. The van der Waals surface area contributed by atoms with E-state index >= 15 is 0 Å². The third-order valence-corrected chi connectivity index (χ3v) is 2.80. The molecule has 1 saturated carbocycles. The van der Waals surface area contributed by atoms with E-state index in [0.717, 1.165) is 6.42 Å². The van der Waals surface area contributed by atoms with Crippen molar-refractivity contribution in [1.82, 2.24) is 4.98 Å². The molecule has 4 heteroatoms. The number of hydrogen-bond acceptors (Lipinski definition) is 4. The average molecular weight is 207 g/mol. The van der Waals surface area contributed by atoms with Gasteiger partial charge in [-0.3, -0.25) is 0 Å². The van der Waals surface area contributed by atoms with Crippen LogP contribution in [0.2, 0.25) is 0 Å². The molecule has 0 unspecified atom stereocenters. The maximum absolute atomic E-state index is 11.2. The average Bonchev–Trinajstić information content (AvgIpc) is 2.25. The molecule has 0 saturated heterocycles. The van der Waals surface area contributed by atoms with Crippen LogP contribution >= 0.6 is 0 Å². The van der Waals surface area contributed by atoms with E-state index in [4.69, 9.17) is 0 Å². The molecule has 1 heterocycles. The Morgan fingerprint density at radius 2 is 2.27 bits per heavy atom. The Morgan fingerprint density at radius 1 is 1.53 bits per heavy atom. The molecule has 0 bridgehead atoms. The first-order valence-corrected chi connectivity index (χ1v) is 4.94. The quantitative estimate of drug-likeness (QED) is 0.741. The van der Waals surface area contributed by atoms with E-state index in [1.165, 1.54) is 7.11 Å². The molecule has 0 atom stereocenters. The van der Waals surface area contributed by atoms with Crippen molar-refractivity contribution >= 4 is 5.97 Å². The van der Waals surface area contributed by atoms with E-state index < -0.39 is 11.6 Å². The lowest BCUT2D eigenvalue weighted by Gasteiger charge is -2.35. The third kappa shape index (κ3) is 1.72. The van der Waals surface area contributed by atoms with E-state index in [-0.39, 0.29) is 5.69 Å². The van der Waals surface area contributed by atoms with Crippen LogP contribution in [0.25, 0.3) is 0 Å². The second-order valence-electron chi connectivity index (χ2n) is 3.78. The van der Waals surface area contributed by atoms with Gasteiger partial charge in [0.25, 0.3) is 0 Å². The second kappa shape index (κ2) is 3.62. The van der Waals surface area contributed by atoms with Crippen molar-refractivity contribution in [1.29, 1.82) is 0 Å². The fourth-order valence-electron chi connectivity index (χ4n) is 1.68. The molecule has 1 aliphatic rings. The molecule has 0 aromatic carbocycles. The molecule has 1 aliphatic carbocycles. The molecule has 0 radical (unpaired) electrons. The monoisotopic (exact) mass is 207 g/mol. The van der Waals surface area contributed by atoms with Crippen molar-refractivity contribution in [3.8, 4) is 0 Å². The molecule has 15 heavy (non-hydrogen) atoms. The first kappa shape index (κ1) is 10.1. The summed E-state index contributed by atoms with van der Waals surface area (Å²) >= 11 is 0. The van der Waals surface area contributed by atoms with Crippen LogP contribution < -0.4 is 0 Å². The molecule has 0 spiro atoms. The van der Waals surface area contributed by atoms with Gasteiger partial charge >= 0.3 is 5.97 Å². The number of nitrogens with zero attached hydrogens (tertiary/aromatic N) is 1. The maximum atomic E-state index is 11.2. The largest absolute Gasteiger partial charge is 0.464 e. The molecule has 0 amide bonds. The van der Waals surface area contributed by atoms with Crippen molar-refractivity contribution in [3.05, 3.63) is 29.6 Å². The van der Waals surface area contributed by atoms with E-state index in [1.54, 1.807) is 18.2 Å². The highest BCUT2D eigenvalue weighted by Gasteiger charge is 2.37. The molecule has 1 N–H and O–H groups in total. The highest BCUT2D eigenvalue weighted by Crippen LogP contribution is 2.39. The highest BCUT2D eigenvalue weighted by molar-refractivity contribution is 5.87. The lowest BCUT2D eigenvalue weighted by atomic mass is 9.77. The summed E-state index contributed by atoms with van der Waals surface area (Å²) in [5.41, 5.74) is -0.0173. The summed E-state index contributed by atoms with van der Waals surface area (Å²) in [6.45, 7) is 0. The lowest BCUT2D eigenvalue weighted by Crippen LogP contribution is -2.35. The summed E-state index contributed by atoms with van der Waals surface area (Å²) in [6, 6.07) is 5.04. The van der Waals surface area contributed by atoms with Gasteiger partial charge in [0.1, 0.15) is 11.3 Å². The summed E-state index contributed by atoms with van der Waals surface area (Å²) in [7, 11) is 1.31. The van der Waals surface area contributed by atoms with Crippen LogP contribution in [0.4, 0.5) is 0 Å². The van der Waals surface area contributed by atoms with Crippen LogP contribution in [0, 0.1) is 0 Å². The molecule has 1 aromatic heterocycles. The smallest absolute Gasteiger partial charge is 0.356 e. The summed E-state index contributed by atoms with van der Waals surface area (Å²) in [4.78, 5) is 15.3. The first-order valence-electron chi connectivity index (χ1n) is 4.94. The van der Waals surface area contributed by atoms with Crippen LogP contribution in [0.1, 0.15) is 35.4 Å². The number of hydrogen-bond donors (Lipinski definition) is 1. The van der Waals surface area contributed by atoms with Crippen molar-refractivity contribution < 1.29 is 14.6 Å². The van der Waals surface area contributed by atoms with E-state index in [2.05, 4.69) is 9.72 Å². The normalized spacial score (nSPS) is 18.0. The number of ether oxygens (including phenoxy) is 1. The number of carbonyl (C=O) groups excluding carboxylic acids is 1. The fourth-order valence-corrected chi connectivity index (χ4v) is 1.68. The minimum atomic E-state index is -0.829. The fraction of sp³-hybridized carbons (Fsp3) is 0.455. The number of aliphatic hydroxyl groups is 1. The minimum absolute atomic E-state index is 0.246. The van der Waals surface area contributed by atoms with Crippen molar-refractivity contribution in [2.75, 3.05) is 7.11 Å². The van der Waals surface area contributed by atoms with Crippen LogP contribution in [-0.4, -0.2) is 23.2 Å². The predicted octanol–water partition coefficient (Wildman–Crippen LogP) is 1.24. The Bertz CT molecular complexity index is 385. The van der Waals surface area contributed by atoms with Crippen LogP contribution in [0.5, 0.6) is 0 Å². The van der Waals surface area contributed by atoms with Gasteiger partial charge in [0.2, 0.25) is 0 Å². The lowest BCUT2D eigenvalue weighted by molar-refractivity contribution is -0.0427. The number of esters is 1. The summed E-state index contributed by atoms with van der Waals surface area (Å²) in [5.74, 6) is -0.472. The molecule has 0 aliphatic heterocycles. The van der Waals surface area contributed by atoms with Crippen molar-refractivity contribution in [3.63, 3.8) is 0 Å². The van der Waals surface area contributed by atoms with Gasteiger partial charge in [-0.1, -0.05) is 6.07 Å². The molecule has 1 aromatic rings. The van der Waals surface area contributed by atoms with Gasteiger partial charge in [0.15, 0.2) is 0 Å².